The minimum atomic E-state index is -0.0380. The van der Waals surface area contributed by atoms with Gasteiger partial charge in [-0.05, 0) is 153 Å². The second-order valence-electron chi connectivity index (χ2n) is 22.1. The van der Waals surface area contributed by atoms with E-state index in [2.05, 4.69) is 267 Å². The Morgan fingerprint density at radius 3 is 1.84 bits per heavy atom. The average Bonchev–Trinajstić information content (AvgIpc) is 3.70. The van der Waals surface area contributed by atoms with Crippen molar-refractivity contribution in [3.05, 3.63) is 210 Å². The highest BCUT2D eigenvalue weighted by Gasteiger charge is 2.45. The topological polar surface area (TPSA) is 9.72 Å². The molecule has 2 aliphatic rings. The zero-order valence-electron chi connectivity index (χ0n) is 42.3. The van der Waals surface area contributed by atoms with Crippen LogP contribution in [0.25, 0.3) is 21.2 Å². The van der Waals surface area contributed by atoms with Gasteiger partial charge in [0.2, 0.25) is 0 Å². The second-order valence-corrected chi connectivity index (χ2v) is 23.2. The van der Waals surface area contributed by atoms with Crippen LogP contribution in [0, 0.1) is 12.3 Å². The zero-order valence-corrected chi connectivity index (χ0v) is 43.1. The summed E-state index contributed by atoms with van der Waals surface area (Å²) in [5, 5.41) is 1.28. The fourth-order valence-electron chi connectivity index (χ4n) is 10.4. The first-order chi connectivity index (χ1) is 32.9. The van der Waals surface area contributed by atoms with Crippen molar-refractivity contribution < 1.29 is 0 Å². The molecule has 3 heterocycles. The van der Waals surface area contributed by atoms with Gasteiger partial charge in [-0.25, -0.2) is 0 Å². The van der Waals surface area contributed by atoms with Gasteiger partial charge in [0, 0.05) is 60.4 Å². The lowest BCUT2D eigenvalue weighted by Gasteiger charge is -2.43. The summed E-state index contributed by atoms with van der Waals surface area (Å²) in [7, 11) is 0. The number of rotatable bonds is 8. The molecule has 69 heavy (non-hydrogen) atoms. The number of thiophene rings is 1. The molecule has 5 heteroatoms. The molecule has 0 amide bonds. The maximum atomic E-state index is 4.20. The van der Waals surface area contributed by atoms with Crippen LogP contribution in [0.4, 0.5) is 45.5 Å². The summed E-state index contributed by atoms with van der Waals surface area (Å²) in [5.74, 6) is 0. The Hall–Kier alpha value is -6.82. The van der Waals surface area contributed by atoms with Gasteiger partial charge in [0.25, 0.3) is 6.71 Å². The molecular formula is C64H64BN3S. The number of benzene rings is 7. The maximum Gasteiger partial charge on any atom is 0.264 e. The molecule has 0 bridgehead atoms. The molecular weight excluding hydrogens is 854 g/mol. The summed E-state index contributed by atoms with van der Waals surface area (Å²) >= 11 is 1.94. The Morgan fingerprint density at radius 1 is 0.580 bits per heavy atom. The number of fused-ring (bicyclic) bond motifs is 6. The van der Waals surface area contributed by atoms with Gasteiger partial charge >= 0.3 is 0 Å². The Kier molecular flexibility index (Phi) is 11.5. The molecule has 1 aromatic heterocycles. The van der Waals surface area contributed by atoms with Crippen LogP contribution in [0.2, 0.25) is 0 Å². The van der Waals surface area contributed by atoms with Gasteiger partial charge in [0.15, 0.2) is 0 Å². The van der Waals surface area contributed by atoms with Crippen LogP contribution in [-0.2, 0) is 10.8 Å². The summed E-state index contributed by atoms with van der Waals surface area (Å²) in [4.78, 5) is 7.53. The first-order valence-electron chi connectivity index (χ1n) is 24.5. The lowest BCUT2D eigenvalue weighted by Crippen LogP contribution is -2.60. The Balaban J connectivity index is 1.22. The van der Waals surface area contributed by atoms with Gasteiger partial charge in [0.1, 0.15) is 0 Å². The molecule has 0 aliphatic carbocycles. The third kappa shape index (κ3) is 8.35. The van der Waals surface area contributed by atoms with Crippen molar-refractivity contribution in [1.82, 2.24) is 0 Å². The minimum Gasteiger partial charge on any atom is -0.315 e. The van der Waals surface area contributed by atoms with Crippen molar-refractivity contribution in [2.24, 2.45) is 5.41 Å². The predicted octanol–water partition coefficient (Wildman–Crippen LogP) is 16.8. The fraction of sp³-hybridized carbons (Fsp3) is 0.219. The van der Waals surface area contributed by atoms with Gasteiger partial charge in [-0.3, -0.25) is 0 Å². The molecule has 3 nitrogen and oxygen atoms in total. The van der Waals surface area contributed by atoms with E-state index < -0.39 is 0 Å². The van der Waals surface area contributed by atoms with E-state index in [9.17, 15) is 0 Å². The molecule has 0 atom stereocenters. The monoisotopic (exact) mass is 917 g/mol. The van der Waals surface area contributed by atoms with Crippen molar-refractivity contribution in [2.45, 2.75) is 87.0 Å². The quantitative estimate of drug-likeness (QED) is 0.111. The molecule has 0 unspecified atom stereocenters. The molecule has 0 fully saturated rings. The van der Waals surface area contributed by atoms with Crippen molar-refractivity contribution in [2.75, 3.05) is 14.7 Å². The number of anilines is 8. The Bertz CT molecular complexity index is 3320. The molecule has 10 rings (SSSR count). The third-order valence-electron chi connectivity index (χ3n) is 14.1. The van der Waals surface area contributed by atoms with Gasteiger partial charge in [0.05, 0.1) is 5.69 Å². The molecule has 0 spiro atoms. The molecule has 344 valence electrons. The van der Waals surface area contributed by atoms with Crippen LogP contribution in [0.15, 0.2) is 194 Å². The Morgan fingerprint density at radius 2 is 1.19 bits per heavy atom. The van der Waals surface area contributed by atoms with Gasteiger partial charge in [-0.1, -0.05) is 166 Å². The van der Waals surface area contributed by atoms with Crippen LogP contribution >= 0.6 is 11.3 Å². The van der Waals surface area contributed by atoms with E-state index in [1.165, 1.54) is 81.9 Å². The van der Waals surface area contributed by atoms with Crippen molar-refractivity contribution in [1.29, 1.82) is 0 Å². The number of para-hydroxylation sites is 1. The molecule has 8 aromatic rings. The van der Waals surface area contributed by atoms with Crippen LogP contribution in [0.3, 0.4) is 0 Å². The number of hydrogen-bond donors (Lipinski definition) is 0. The van der Waals surface area contributed by atoms with Crippen molar-refractivity contribution in [3.63, 3.8) is 0 Å². The van der Waals surface area contributed by atoms with Crippen molar-refractivity contribution in [3.8, 4) is 11.1 Å². The highest BCUT2D eigenvalue weighted by Crippen LogP contribution is 2.49. The molecule has 0 saturated carbocycles. The second kappa shape index (κ2) is 17.3. The van der Waals surface area contributed by atoms with E-state index in [1.54, 1.807) is 0 Å². The first-order valence-corrected chi connectivity index (χ1v) is 25.3. The maximum absolute atomic E-state index is 4.20. The van der Waals surface area contributed by atoms with E-state index in [4.69, 9.17) is 0 Å². The minimum absolute atomic E-state index is 0.0233. The van der Waals surface area contributed by atoms with Gasteiger partial charge < -0.3 is 14.7 Å². The van der Waals surface area contributed by atoms with Crippen LogP contribution < -0.4 is 30.4 Å². The fourth-order valence-corrected chi connectivity index (χ4v) is 11.7. The summed E-state index contributed by atoms with van der Waals surface area (Å²) < 4.78 is 2.65. The molecule has 0 saturated heterocycles. The third-order valence-corrected chi connectivity index (χ3v) is 15.3. The summed E-state index contributed by atoms with van der Waals surface area (Å²) in [6.07, 6.45) is 6.51. The zero-order chi connectivity index (χ0) is 48.6. The lowest BCUT2D eigenvalue weighted by atomic mass is 9.36. The van der Waals surface area contributed by atoms with E-state index in [0.29, 0.717) is 0 Å². The van der Waals surface area contributed by atoms with E-state index >= 15 is 0 Å². The molecule has 0 N–H and O–H groups in total. The molecule has 7 aromatic carbocycles. The smallest absolute Gasteiger partial charge is 0.264 e. The molecule has 2 aliphatic heterocycles. The summed E-state index contributed by atoms with van der Waals surface area (Å²) in [6.45, 7) is 29.1. The standard InChI is InChI=1S/C64H64BN3S/c1-13-46(62(4,5)6)29-26-43(3)66(50-34-32-48(33-35-50)64(10,11)12)52-36-37-55-54(41-52)65-59-56(67(55)49-21-15-14-16-22-49)38-42(2)39-57(59)68(60-53-24-17-18-25-58(53)69-61(60)65)51-23-19-20-45(40-51)44-27-30-47(31-28-44)63(7,8)9/h13-41H,1H2,2-12H3/b43-26+,46-29+. The summed E-state index contributed by atoms with van der Waals surface area (Å²) in [5.41, 5.74) is 20.8. The normalized spacial score (nSPS) is 13.9. The van der Waals surface area contributed by atoms with Gasteiger partial charge in [-0.15, -0.1) is 11.3 Å². The highest BCUT2D eigenvalue weighted by molar-refractivity contribution is 7.33. The predicted molar refractivity (Wildman–Crippen MR) is 303 cm³/mol. The number of allylic oxidation sites excluding steroid dienone is 5. The van der Waals surface area contributed by atoms with E-state index in [-0.39, 0.29) is 23.0 Å². The van der Waals surface area contributed by atoms with E-state index in [1.807, 2.05) is 17.4 Å². The van der Waals surface area contributed by atoms with E-state index in [0.717, 1.165) is 28.4 Å². The number of aryl methyl sites for hydroxylation is 1. The van der Waals surface area contributed by atoms with Crippen LogP contribution in [0.5, 0.6) is 0 Å². The highest BCUT2D eigenvalue weighted by atomic mass is 32.1. The average molecular weight is 918 g/mol. The van der Waals surface area contributed by atoms with Crippen molar-refractivity contribution >= 4 is 89.3 Å². The SMILES string of the molecule is C=C/C(=C\C=C(/C)N(c1ccc(C(C)(C)C)cc1)c1ccc2c(c1)B1c3sc4ccccc4c3N(c3cccc(-c4ccc(C(C)(C)C)cc4)c3)c3cc(C)cc(c31)N2c1ccccc1)C(C)(C)C. The van der Waals surface area contributed by atoms with Crippen LogP contribution in [0.1, 0.15) is 85.9 Å². The van der Waals surface area contributed by atoms with Crippen LogP contribution in [-0.4, -0.2) is 6.71 Å². The number of nitrogens with zero attached hydrogens (tertiary/aromatic N) is 3. The van der Waals surface area contributed by atoms with Gasteiger partial charge in [-0.2, -0.15) is 0 Å². The summed E-state index contributed by atoms with van der Waals surface area (Å²) in [6, 6.07) is 59.5. The Labute approximate surface area is 415 Å². The largest absolute Gasteiger partial charge is 0.315 e. The molecule has 0 radical (unpaired) electrons. The lowest BCUT2D eigenvalue weighted by molar-refractivity contribution is 0.517. The number of hydrogen-bond acceptors (Lipinski definition) is 4. The first kappa shape index (κ1) is 45.9.